The van der Waals surface area contributed by atoms with E-state index in [9.17, 15) is 14.4 Å². The molecule has 6 nitrogen and oxygen atoms in total. The van der Waals surface area contributed by atoms with Gasteiger partial charge in [-0.2, -0.15) is 0 Å². The van der Waals surface area contributed by atoms with Crippen LogP contribution < -0.4 is 0 Å². The van der Waals surface area contributed by atoms with Crippen molar-refractivity contribution in [2.45, 2.75) is 277 Å². The molecule has 0 aromatic carbocycles. The van der Waals surface area contributed by atoms with E-state index in [1.165, 1.54) is 128 Å². The van der Waals surface area contributed by atoms with Crippen molar-refractivity contribution in [1.82, 2.24) is 0 Å². The average Bonchev–Trinajstić information content (AvgIpc) is 3.29. The molecule has 0 bridgehead atoms. The van der Waals surface area contributed by atoms with Crippen LogP contribution in [0.5, 0.6) is 0 Å². The molecule has 0 fully saturated rings. The molecule has 370 valence electrons. The van der Waals surface area contributed by atoms with Crippen molar-refractivity contribution in [3.63, 3.8) is 0 Å². The van der Waals surface area contributed by atoms with Crippen LogP contribution in [0.15, 0.2) is 60.8 Å². The Bertz CT molecular complexity index is 1170. The topological polar surface area (TPSA) is 78.9 Å². The molecule has 0 aromatic heterocycles. The minimum Gasteiger partial charge on any atom is -0.462 e. The van der Waals surface area contributed by atoms with Crippen molar-refractivity contribution in [3.8, 4) is 0 Å². The largest absolute Gasteiger partial charge is 0.462 e. The fourth-order valence-electron chi connectivity index (χ4n) is 7.62. The zero-order valence-electron chi connectivity index (χ0n) is 42.3. The number of carbonyl (C=O) groups excluding carboxylic acids is 3. The number of allylic oxidation sites excluding steroid dienone is 10. The Morgan fingerprint density at radius 3 is 0.984 bits per heavy atom. The van der Waals surface area contributed by atoms with Gasteiger partial charge < -0.3 is 14.2 Å². The first-order valence-electron chi connectivity index (χ1n) is 27.3. The van der Waals surface area contributed by atoms with Crippen molar-refractivity contribution in [3.05, 3.63) is 60.8 Å². The van der Waals surface area contributed by atoms with Crippen molar-refractivity contribution in [2.24, 2.45) is 0 Å². The molecular formula is C58H102O6. The third-order valence-corrected chi connectivity index (χ3v) is 11.7. The van der Waals surface area contributed by atoms with Crippen LogP contribution in [0.2, 0.25) is 0 Å². The number of carbonyl (C=O) groups is 3. The molecule has 1 unspecified atom stereocenters. The summed E-state index contributed by atoms with van der Waals surface area (Å²) in [6.07, 6.45) is 64.9. The summed E-state index contributed by atoms with van der Waals surface area (Å²) in [5, 5.41) is 0. The fraction of sp³-hybridized carbons (Fsp3) is 0.776. The summed E-state index contributed by atoms with van der Waals surface area (Å²) >= 11 is 0. The van der Waals surface area contributed by atoms with Gasteiger partial charge in [0, 0.05) is 19.3 Å². The third-order valence-electron chi connectivity index (χ3n) is 11.7. The van der Waals surface area contributed by atoms with Gasteiger partial charge in [-0.1, -0.05) is 210 Å². The lowest BCUT2D eigenvalue weighted by atomic mass is 10.1. The van der Waals surface area contributed by atoms with Crippen LogP contribution in [0, 0.1) is 0 Å². The Morgan fingerprint density at radius 2 is 0.609 bits per heavy atom. The Balaban J connectivity index is 4.38. The van der Waals surface area contributed by atoms with Gasteiger partial charge in [0.1, 0.15) is 13.2 Å². The van der Waals surface area contributed by atoms with Gasteiger partial charge in [0.15, 0.2) is 6.10 Å². The van der Waals surface area contributed by atoms with Crippen molar-refractivity contribution >= 4 is 17.9 Å². The van der Waals surface area contributed by atoms with Crippen molar-refractivity contribution in [2.75, 3.05) is 13.2 Å². The smallest absolute Gasteiger partial charge is 0.306 e. The number of unbranched alkanes of at least 4 members (excludes halogenated alkanes) is 28. The molecule has 0 saturated heterocycles. The second-order valence-corrected chi connectivity index (χ2v) is 18.1. The first-order chi connectivity index (χ1) is 31.5. The fourth-order valence-corrected chi connectivity index (χ4v) is 7.62. The Kier molecular flexibility index (Phi) is 50.4. The van der Waals surface area contributed by atoms with Gasteiger partial charge >= 0.3 is 17.9 Å². The normalized spacial score (nSPS) is 12.5. The van der Waals surface area contributed by atoms with E-state index in [1.54, 1.807) is 0 Å². The van der Waals surface area contributed by atoms with Crippen LogP contribution in [-0.4, -0.2) is 37.2 Å². The molecule has 6 heteroatoms. The van der Waals surface area contributed by atoms with Crippen LogP contribution in [-0.2, 0) is 28.6 Å². The molecule has 0 radical (unpaired) electrons. The number of ether oxygens (including phenoxy) is 3. The molecule has 0 aliphatic carbocycles. The molecule has 0 spiro atoms. The van der Waals surface area contributed by atoms with Crippen molar-refractivity contribution in [1.29, 1.82) is 0 Å². The van der Waals surface area contributed by atoms with E-state index in [4.69, 9.17) is 14.2 Å². The Morgan fingerprint density at radius 1 is 0.328 bits per heavy atom. The molecule has 64 heavy (non-hydrogen) atoms. The Hall–Kier alpha value is -2.89. The van der Waals surface area contributed by atoms with Gasteiger partial charge in [-0.15, -0.1) is 0 Å². The number of rotatable bonds is 49. The number of hydrogen-bond acceptors (Lipinski definition) is 6. The first kappa shape index (κ1) is 61.1. The standard InChI is InChI=1S/C58H102O6/c1-4-7-10-13-16-19-22-25-27-29-31-33-36-39-42-45-48-51-57(60)63-54-55(53-62-56(59)50-47-44-41-38-35-24-21-18-15-12-9-6-3)64-58(61)52-49-46-43-40-37-34-32-30-28-26-23-20-17-14-11-8-5-2/h9,12,16,18-19,21,25-28,55H,4-8,10-11,13-15,17,20,22-24,29-54H2,1-3H3/b12-9-,19-16-,21-18-,27-25-,28-26-. The second-order valence-electron chi connectivity index (χ2n) is 18.1. The monoisotopic (exact) mass is 895 g/mol. The summed E-state index contributed by atoms with van der Waals surface area (Å²) in [5.74, 6) is -0.904. The average molecular weight is 895 g/mol. The molecule has 1 atom stereocenters. The zero-order chi connectivity index (χ0) is 46.5. The van der Waals surface area contributed by atoms with Gasteiger partial charge in [0.05, 0.1) is 0 Å². The van der Waals surface area contributed by atoms with Gasteiger partial charge in [-0.25, -0.2) is 0 Å². The number of esters is 3. The molecule has 0 N–H and O–H groups in total. The van der Waals surface area contributed by atoms with Gasteiger partial charge in [-0.3, -0.25) is 14.4 Å². The van der Waals surface area contributed by atoms with Gasteiger partial charge in [-0.05, 0) is 103 Å². The predicted octanol–water partition coefficient (Wildman–Crippen LogP) is 18.0. The maximum atomic E-state index is 12.8. The molecule has 0 heterocycles. The Labute approximate surface area is 396 Å². The molecule has 0 aliphatic rings. The van der Waals surface area contributed by atoms with E-state index < -0.39 is 6.10 Å². The van der Waals surface area contributed by atoms with Crippen LogP contribution in [0.1, 0.15) is 271 Å². The minimum absolute atomic E-state index is 0.0842. The maximum Gasteiger partial charge on any atom is 0.306 e. The van der Waals surface area contributed by atoms with Crippen molar-refractivity contribution < 1.29 is 28.6 Å². The van der Waals surface area contributed by atoms with E-state index >= 15 is 0 Å². The minimum atomic E-state index is -0.785. The highest BCUT2D eigenvalue weighted by atomic mass is 16.6. The highest BCUT2D eigenvalue weighted by Crippen LogP contribution is 2.15. The van der Waals surface area contributed by atoms with E-state index in [0.717, 1.165) is 103 Å². The second kappa shape index (κ2) is 52.7. The van der Waals surface area contributed by atoms with Crippen LogP contribution in [0.4, 0.5) is 0 Å². The third kappa shape index (κ3) is 50.1. The molecule has 0 saturated carbocycles. The maximum absolute atomic E-state index is 12.8. The van der Waals surface area contributed by atoms with E-state index in [2.05, 4.69) is 81.5 Å². The summed E-state index contributed by atoms with van der Waals surface area (Å²) in [7, 11) is 0. The molecule has 0 aliphatic heterocycles. The van der Waals surface area contributed by atoms with E-state index in [1.807, 2.05) is 0 Å². The molecule has 0 rings (SSSR count). The molecule has 0 aromatic rings. The highest BCUT2D eigenvalue weighted by Gasteiger charge is 2.19. The van der Waals surface area contributed by atoms with E-state index in [-0.39, 0.29) is 31.1 Å². The lowest BCUT2D eigenvalue weighted by molar-refractivity contribution is -0.167. The molecule has 0 amide bonds. The predicted molar refractivity (Wildman–Crippen MR) is 275 cm³/mol. The van der Waals surface area contributed by atoms with Crippen LogP contribution in [0.25, 0.3) is 0 Å². The van der Waals surface area contributed by atoms with Crippen LogP contribution >= 0.6 is 0 Å². The zero-order valence-corrected chi connectivity index (χ0v) is 42.3. The van der Waals surface area contributed by atoms with Gasteiger partial charge in [0.25, 0.3) is 0 Å². The summed E-state index contributed by atoms with van der Waals surface area (Å²) in [4.78, 5) is 38.0. The summed E-state index contributed by atoms with van der Waals surface area (Å²) < 4.78 is 16.8. The lowest BCUT2D eigenvalue weighted by Crippen LogP contribution is -2.30. The van der Waals surface area contributed by atoms with Gasteiger partial charge in [0.2, 0.25) is 0 Å². The summed E-state index contributed by atoms with van der Waals surface area (Å²) in [6.45, 7) is 6.49. The SMILES string of the molecule is CC/C=C\C/C=C\CCCCCCCC(=O)OCC(COC(=O)CCCCCCCCC/C=C\C/C=C\CCCCC)OC(=O)CCCCCCCCC/C=C\CCCCCCCC. The summed E-state index contributed by atoms with van der Waals surface area (Å²) in [5.41, 5.74) is 0. The summed E-state index contributed by atoms with van der Waals surface area (Å²) in [6, 6.07) is 0. The van der Waals surface area contributed by atoms with Crippen LogP contribution in [0.3, 0.4) is 0 Å². The highest BCUT2D eigenvalue weighted by molar-refractivity contribution is 5.71. The lowest BCUT2D eigenvalue weighted by Gasteiger charge is -2.18. The van der Waals surface area contributed by atoms with E-state index in [0.29, 0.717) is 19.3 Å². The quantitative estimate of drug-likeness (QED) is 0.0262. The first-order valence-corrected chi connectivity index (χ1v) is 27.3. The molecular weight excluding hydrogens is 793 g/mol. The number of hydrogen-bond donors (Lipinski definition) is 0.